The van der Waals surface area contributed by atoms with Gasteiger partial charge in [-0.05, 0) is 42.0 Å². The molecule has 2 aromatic carbocycles. The molecule has 120 valence electrons. The molecular weight excluding hydrogens is 305 g/mol. The van der Waals surface area contributed by atoms with E-state index in [0.717, 1.165) is 11.3 Å². The number of carbonyl (C=O) groups excluding carboxylic acids is 1. The Hall–Kier alpha value is -3.21. The van der Waals surface area contributed by atoms with Crippen molar-refractivity contribution in [3.8, 4) is 0 Å². The van der Waals surface area contributed by atoms with Gasteiger partial charge in [0.05, 0.1) is 18.3 Å². The third-order valence-electron chi connectivity index (χ3n) is 3.37. The van der Waals surface area contributed by atoms with Gasteiger partial charge in [-0.25, -0.2) is 9.37 Å². The molecule has 0 bridgehead atoms. The van der Waals surface area contributed by atoms with Crippen LogP contribution in [-0.2, 0) is 11.2 Å². The minimum absolute atomic E-state index is 0.174. The van der Waals surface area contributed by atoms with Crippen LogP contribution in [0.2, 0.25) is 0 Å². The number of nitrogens with one attached hydrogen (secondary N) is 2. The molecule has 0 aliphatic heterocycles. The van der Waals surface area contributed by atoms with Crippen LogP contribution in [0.5, 0.6) is 0 Å². The Labute approximate surface area is 139 Å². The topological polar surface area (TPSA) is 54.0 Å². The fourth-order valence-corrected chi connectivity index (χ4v) is 2.20. The molecule has 1 aromatic heterocycles. The SMILES string of the molecule is O=C(Cc1ccc(F)cc1)Nc1ccc(Nc2ccccc2)nc1. The van der Waals surface area contributed by atoms with Gasteiger partial charge in [0.1, 0.15) is 11.6 Å². The fourth-order valence-electron chi connectivity index (χ4n) is 2.20. The number of pyridine rings is 1. The van der Waals surface area contributed by atoms with Crippen LogP contribution in [0, 0.1) is 5.82 Å². The second-order valence-corrected chi connectivity index (χ2v) is 5.27. The standard InChI is InChI=1S/C19H16FN3O/c20-15-8-6-14(7-9-15)12-19(24)23-17-10-11-18(21-13-17)22-16-4-2-1-3-5-16/h1-11,13H,12H2,(H,21,22)(H,23,24). The first-order chi connectivity index (χ1) is 11.7. The Bertz CT molecular complexity index is 802. The lowest BCUT2D eigenvalue weighted by Gasteiger charge is -2.08. The summed E-state index contributed by atoms with van der Waals surface area (Å²) in [5.74, 6) is 0.203. The third kappa shape index (κ3) is 4.39. The monoisotopic (exact) mass is 321 g/mol. The Morgan fingerprint density at radius 2 is 1.67 bits per heavy atom. The molecule has 0 aliphatic rings. The lowest BCUT2D eigenvalue weighted by molar-refractivity contribution is -0.115. The first-order valence-corrected chi connectivity index (χ1v) is 7.51. The van der Waals surface area contributed by atoms with E-state index in [9.17, 15) is 9.18 Å². The summed E-state index contributed by atoms with van der Waals surface area (Å²) in [5, 5.41) is 5.94. The van der Waals surface area contributed by atoms with Gasteiger partial charge >= 0.3 is 0 Å². The van der Waals surface area contributed by atoms with Gasteiger partial charge in [-0.15, -0.1) is 0 Å². The largest absolute Gasteiger partial charge is 0.340 e. The van der Waals surface area contributed by atoms with E-state index in [4.69, 9.17) is 0 Å². The van der Waals surface area contributed by atoms with E-state index in [0.29, 0.717) is 11.5 Å². The summed E-state index contributed by atoms with van der Waals surface area (Å²) < 4.78 is 12.9. The lowest BCUT2D eigenvalue weighted by Crippen LogP contribution is -2.14. The van der Waals surface area contributed by atoms with Crippen LogP contribution >= 0.6 is 0 Å². The van der Waals surface area contributed by atoms with Gasteiger partial charge in [0, 0.05) is 5.69 Å². The van der Waals surface area contributed by atoms with Crippen molar-refractivity contribution in [3.63, 3.8) is 0 Å². The number of benzene rings is 2. The summed E-state index contributed by atoms with van der Waals surface area (Å²) >= 11 is 0. The van der Waals surface area contributed by atoms with Crippen molar-refractivity contribution in [2.75, 3.05) is 10.6 Å². The van der Waals surface area contributed by atoms with Crippen molar-refractivity contribution in [3.05, 3.63) is 84.3 Å². The molecule has 1 amide bonds. The highest BCUT2D eigenvalue weighted by molar-refractivity contribution is 5.92. The van der Waals surface area contributed by atoms with Crippen LogP contribution in [0.3, 0.4) is 0 Å². The number of amides is 1. The number of hydrogen-bond donors (Lipinski definition) is 2. The van der Waals surface area contributed by atoms with Gasteiger partial charge in [-0.2, -0.15) is 0 Å². The van der Waals surface area contributed by atoms with Crippen LogP contribution in [-0.4, -0.2) is 10.9 Å². The number of nitrogens with zero attached hydrogens (tertiary/aromatic N) is 1. The number of rotatable bonds is 5. The molecule has 0 saturated heterocycles. The highest BCUT2D eigenvalue weighted by Crippen LogP contribution is 2.16. The molecule has 0 aliphatic carbocycles. The molecule has 0 spiro atoms. The van der Waals surface area contributed by atoms with Gasteiger partial charge < -0.3 is 10.6 Å². The molecule has 3 aromatic rings. The van der Waals surface area contributed by atoms with E-state index < -0.39 is 0 Å². The summed E-state index contributed by atoms with van der Waals surface area (Å²) in [6.07, 6.45) is 1.78. The smallest absolute Gasteiger partial charge is 0.228 e. The minimum Gasteiger partial charge on any atom is -0.340 e. The van der Waals surface area contributed by atoms with Crippen LogP contribution in [0.15, 0.2) is 72.9 Å². The molecule has 24 heavy (non-hydrogen) atoms. The van der Waals surface area contributed by atoms with Gasteiger partial charge in [-0.3, -0.25) is 4.79 Å². The maximum atomic E-state index is 12.9. The number of halogens is 1. The molecule has 1 heterocycles. The summed E-state index contributed by atoms with van der Waals surface area (Å²) in [6.45, 7) is 0. The van der Waals surface area contributed by atoms with Crippen molar-refractivity contribution in [2.45, 2.75) is 6.42 Å². The molecule has 2 N–H and O–H groups in total. The van der Waals surface area contributed by atoms with E-state index in [2.05, 4.69) is 15.6 Å². The van der Waals surface area contributed by atoms with Crippen molar-refractivity contribution in [1.29, 1.82) is 0 Å². The number of aromatic nitrogens is 1. The van der Waals surface area contributed by atoms with Crippen LogP contribution < -0.4 is 10.6 Å². The second kappa shape index (κ2) is 7.37. The second-order valence-electron chi connectivity index (χ2n) is 5.27. The maximum absolute atomic E-state index is 12.9. The average molecular weight is 321 g/mol. The molecule has 0 radical (unpaired) electrons. The molecule has 4 nitrogen and oxygen atoms in total. The van der Waals surface area contributed by atoms with Crippen molar-refractivity contribution >= 4 is 23.1 Å². The Morgan fingerprint density at radius 3 is 2.33 bits per heavy atom. The molecule has 5 heteroatoms. The summed E-state index contributed by atoms with van der Waals surface area (Å²) in [5.41, 5.74) is 2.31. The minimum atomic E-state index is -0.315. The molecule has 0 saturated carbocycles. The van der Waals surface area contributed by atoms with E-state index in [1.165, 1.54) is 12.1 Å². The zero-order valence-corrected chi connectivity index (χ0v) is 12.9. The third-order valence-corrected chi connectivity index (χ3v) is 3.37. The lowest BCUT2D eigenvalue weighted by atomic mass is 10.1. The number of hydrogen-bond acceptors (Lipinski definition) is 3. The average Bonchev–Trinajstić information content (AvgIpc) is 2.60. The van der Waals surface area contributed by atoms with Crippen LogP contribution in [0.4, 0.5) is 21.6 Å². The van der Waals surface area contributed by atoms with Crippen LogP contribution in [0.1, 0.15) is 5.56 Å². The summed E-state index contributed by atoms with van der Waals surface area (Å²) in [7, 11) is 0. The Balaban J connectivity index is 1.57. The zero-order valence-electron chi connectivity index (χ0n) is 12.9. The normalized spacial score (nSPS) is 10.2. The maximum Gasteiger partial charge on any atom is 0.228 e. The molecular formula is C19H16FN3O. The molecule has 0 fully saturated rings. The van der Waals surface area contributed by atoms with E-state index in [-0.39, 0.29) is 18.1 Å². The molecule has 3 rings (SSSR count). The predicted octanol–water partition coefficient (Wildman–Crippen LogP) is 4.15. The van der Waals surface area contributed by atoms with Gasteiger partial charge in [0.15, 0.2) is 0 Å². The predicted molar refractivity (Wildman–Crippen MR) is 92.7 cm³/mol. The zero-order chi connectivity index (χ0) is 16.8. The van der Waals surface area contributed by atoms with Crippen LogP contribution in [0.25, 0.3) is 0 Å². The summed E-state index contributed by atoms with van der Waals surface area (Å²) in [6, 6.07) is 19.2. The molecule has 0 unspecified atom stereocenters. The Kier molecular flexibility index (Phi) is 4.81. The quantitative estimate of drug-likeness (QED) is 0.742. The highest BCUT2D eigenvalue weighted by Gasteiger charge is 2.05. The van der Waals surface area contributed by atoms with Gasteiger partial charge in [-0.1, -0.05) is 30.3 Å². The van der Waals surface area contributed by atoms with Crippen molar-refractivity contribution < 1.29 is 9.18 Å². The number of para-hydroxylation sites is 1. The van der Waals surface area contributed by atoms with E-state index >= 15 is 0 Å². The first kappa shape index (κ1) is 15.7. The number of carbonyl (C=O) groups is 1. The van der Waals surface area contributed by atoms with Crippen molar-refractivity contribution in [2.24, 2.45) is 0 Å². The van der Waals surface area contributed by atoms with Gasteiger partial charge in [0.2, 0.25) is 5.91 Å². The Morgan fingerprint density at radius 1 is 0.917 bits per heavy atom. The number of anilines is 3. The van der Waals surface area contributed by atoms with Crippen molar-refractivity contribution in [1.82, 2.24) is 4.98 Å². The first-order valence-electron chi connectivity index (χ1n) is 7.51. The van der Waals surface area contributed by atoms with Gasteiger partial charge in [0.25, 0.3) is 0 Å². The van der Waals surface area contributed by atoms with E-state index in [1.807, 2.05) is 30.3 Å². The van der Waals surface area contributed by atoms with E-state index in [1.54, 1.807) is 30.5 Å². The molecule has 0 atom stereocenters. The fraction of sp³-hybridized carbons (Fsp3) is 0.0526. The summed E-state index contributed by atoms with van der Waals surface area (Å²) in [4.78, 5) is 16.3. The highest BCUT2D eigenvalue weighted by atomic mass is 19.1.